The molecular weight excluding hydrogens is 223 g/mol. The standard InChI is InChI=1S/C12H19O3P/c1-3-4-10(2)9-11-5-7-12(8-6-11)16(13,14)15/h5-8,10H,3-4,9H2,1-2H3,(H2,13,14,15). The Balaban J connectivity index is 2.69. The maximum absolute atomic E-state index is 11.0. The van der Waals surface area contributed by atoms with E-state index >= 15 is 0 Å². The van der Waals surface area contributed by atoms with E-state index in [0.717, 1.165) is 12.0 Å². The van der Waals surface area contributed by atoms with Gasteiger partial charge in [-0.2, -0.15) is 0 Å². The lowest BCUT2D eigenvalue weighted by Crippen LogP contribution is -2.05. The second-order valence-corrected chi connectivity index (χ2v) is 5.91. The number of hydrogen-bond acceptors (Lipinski definition) is 1. The van der Waals surface area contributed by atoms with Crippen molar-refractivity contribution in [2.75, 3.05) is 0 Å². The number of rotatable bonds is 5. The quantitative estimate of drug-likeness (QED) is 0.780. The summed E-state index contributed by atoms with van der Waals surface area (Å²) in [5.74, 6) is 0.617. The Labute approximate surface area is 96.7 Å². The molecule has 1 rings (SSSR count). The zero-order valence-corrected chi connectivity index (χ0v) is 10.7. The maximum Gasteiger partial charge on any atom is 0.356 e. The molecule has 0 fully saturated rings. The molecule has 0 saturated carbocycles. The van der Waals surface area contributed by atoms with Gasteiger partial charge in [-0.1, -0.05) is 38.8 Å². The molecule has 0 aliphatic carbocycles. The van der Waals surface area contributed by atoms with Gasteiger partial charge in [-0.25, -0.2) is 0 Å². The van der Waals surface area contributed by atoms with Crippen molar-refractivity contribution < 1.29 is 14.4 Å². The van der Waals surface area contributed by atoms with Gasteiger partial charge in [-0.15, -0.1) is 0 Å². The molecule has 1 aromatic rings. The average Bonchev–Trinajstić information content (AvgIpc) is 2.17. The zero-order chi connectivity index (χ0) is 12.2. The van der Waals surface area contributed by atoms with Crippen LogP contribution in [-0.4, -0.2) is 9.79 Å². The predicted molar refractivity (Wildman–Crippen MR) is 65.9 cm³/mol. The normalized spacial score (nSPS) is 13.8. The summed E-state index contributed by atoms with van der Waals surface area (Å²) in [6, 6.07) is 6.66. The smallest absolute Gasteiger partial charge is 0.321 e. The van der Waals surface area contributed by atoms with Crippen LogP contribution in [0.2, 0.25) is 0 Å². The first kappa shape index (κ1) is 13.4. The molecule has 0 heterocycles. The Kier molecular flexibility index (Phi) is 4.72. The van der Waals surface area contributed by atoms with Crippen LogP contribution >= 0.6 is 7.60 Å². The molecule has 1 atom stereocenters. The van der Waals surface area contributed by atoms with E-state index in [4.69, 9.17) is 9.79 Å². The molecule has 0 saturated heterocycles. The predicted octanol–water partition coefficient (Wildman–Crippen LogP) is 2.47. The second-order valence-electron chi connectivity index (χ2n) is 4.31. The molecule has 1 unspecified atom stereocenters. The van der Waals surface area contributed by atoms with Gasteiger partial charge in [0.15, 0.2) is 0 Å². The van der Waals surface area contributed by atoms with E-state index in [1.807, 2.05) is 0 Å². The van der Waals surface area contributed by atoms with Crippen molar-refractivity contribution in [3.63, 3.8) is 0 Å². The van der Waals surface area contributed by atoms with E-state index in [9.17, 15) is 4.57 Å². The summed E-state index contributed by atoms with van der Waals surface area (Å²) >= 11 is 0. The molecule has 4 heteroatoms. The molecule has 0 bridgehead atoms. The summed E-state index contributed by atoms with van der Waals surface area (Å²) in [6.45, 7) is 4.35. The molecule has 2 N–H and O–H groups in total. The monoisotopic (exact) mass is 242 g/mol. The van der Waals surface area contributed by atoms with Crippen molar-refractivity contribution in [3.05, 3.63) is 29.8 Å². The summed E-state index contributed by atoms with van der Waals surface area (Å²) in [6.07, 6.45) is 3.32. The minimum atomic E-state index is -4.08. The van der Waals surface area contributed by atoms with Crippen molar-refractivity contribution in [2.24, 2.45) is 5.92 Å². The lowest BCUT2D eigenvalue weighted by atomic mass is 9.97. The first-order valence-corrected chi connectivity index (χ1v) is 7.19. The summed E-state index contributed by atoms with van der Waals surface area (Å²) in [5, 5.41) is 0.0967. The average molecular weight is 242 g/mol. The summed E-state index contributed by atoms with van der Waals surface area (Å²) in [4.78, 5) is 17.9. The van der Waals surface area contributed by atoms with Crippen LogP contribution in [0, 0.1) is 5.92 Å². The zero-order valence-electron chi connectivity index (χ0n) is 9.76. The highest BCUT2D eigenvalue weighted by Crippen LogP contribution is 2.32. The van der Waals surface area contributed by atoms with Crippen molar-refractivity contribution >= 4 is 12.9 Å². The minimum Gasteiger partial charge on any atom is -0.321 e. The lowest BCUT2D eigenvalue weighted by Gasteiger charge is -2.10. The first-order chi connectivity index (χ1) is 7.43. The minimum absolute atomic E-state index is 0.0967. The highest BCUT2D eigenvalue weighted by atomic mass is 31.2. The molecule has 90 valence electrons. The second kappa shape index (κ2) is 5.62. The lowest BCUT2D eigenvalue weighted by molar-refractivity contribution is 0.387. The van der Waals surface area contributed by atoms with Crippen LogP contribution in [0.4, 0.5) is 0 Å². The molecule has 3 nitrogen and oxygen atoms in total. The van der Waals surface area contributed by atoms with Crippen LogP contribution < -0.4 is 5.30 Å². The number of benzene rings is 1. The van der Waals surface area contributed by atoms with E-state index in [1.54, 1.807) is 12.1 Å². The van der Waals surface area contributed by atoms with Gasteiger partial charge in [0.05, 0.1) is 5.30 Å². The molecular formula is C12H19O3P. The molecule has 0 spiro atoms. The fourth-order valence-corrected chi connectivity index (χ4v) is 2.36. The van der Waals surface area contributed by atoms with Crippen LogP contribution in [0.1, 0.15) is 32.3 Å². The van der Waals surface area contributed by atoms with E-state index in [1.165, 1.54) is 25.0 Å². The van der Waals surface area contributed by atoms with E-state index in [-0.39, 0.29) is 5.30 Å². The summed E-state index contributed by atoms with van der Waals surface area (Å²) < 4.78 is 11.0. The Morgan fingerprint density at radius 2 is 1.81 bits per heavy atom. The topological polar surface area (TPSA) is 57.5 Å². The van der Waals surface area contributed by atoms with E-state index in [2.05, 4.69) is 13.8 Å². The fraction of sp³-hybridized carbons (Fsp3) is 0.500. The van der Waals surface area contributed by atoms with Crippen LogP contribution in [0.25, 0.3) is 0 Å². The van der Waals surface area contributed by atoms with Crippen LogP contribution in [0.5, 0.6) is 0 Å². The van der Waals surface area contributed by atoms with Gasteiger partial charge >= 0.3 is 7.60 Å². The van der Waals surface area contributed by atoms with E-state index in [0.29, 0.717) is 5.92 Å². The molecule has 1 aromatic carbocycles. The third-order valence-corrected chi connectivity index (χ3v) is 3.61. The van der Waals surface area contributed by atoms with Gasteiger partial charge in [-0.3, -0.25) is 4.57 Å². The molecule has 0 aromatic heterocycles. The van der Waals surface area contributed by atoms with Gasteiger partial charge in [0.2, 0.25) is 0 Å². The third kappa shape index (κ3) is 4.09. The van der Waals surface area contributed by atoms with Crippen LogP contribution in [0.15, 0.2) is 24.3 Å². The number of hydrogen-bond donors (Lipinski definition) is 2. The Hall–Kier alpha value is -0.630. The van der Waals surface area contributed by atoms with Gasteiger partial charge in [0.1, 0.15) is 0 Å². The third-order valence-electron chi connectivity index (χ3n) is 2.64. The van der Waals surface area contributed by atoms with Gasteiger partial charge in [0.25, 0.3) is 0 Å². The Bertz CT molecular complexity index is 366. The van der Waals surface area contributed by atoms with Crippen molar-refractivity contribution in [1.29, 1.82) is 0 Å². The van der Waals surface area contributed by atoms with Gasteiger partial charge in [0, 0.05) is 0 Å². The van der Waals surface area contributed by atoms with Crippen molar-refractivity contribution in [3.8, 4) is 0 Å². The van der Waals surface area contributed by atoms with Gasteiger partial charge in [-0.05, 0) is 30.0 Å². The summed E-state index contributed by atoms with van der Waals surface area (Å²) in [5.41, 5.74) is 1.14. The Morgan fingerprint density at radius 3 is 2.25 bits per heavy atom. The molecule has 0 aliphatic heterocycles. The fourth-order valence-electron chi connectivity index (χ4n) is 1.82. The van der Waals surface area contributed by atoms with Gasteiger partial charge < -0.3 is 9.79 Å². The van der Waals surface area contributed by atoms with Crippen molar-refractivity contribution in [2.45, 2.75) is 33.1 Å². The van der Waals surface area contributed by atoms with Crippen LogP contribution in [0.3, 0.4) is 0 Å². The maximum atomic E-state index is 11.0. The molecule has 0 radical (unpaired) electrons. The first-order valence-electron chi connectivity index (χ1n) is 5.58. The summed E-state index contributed by atoms with van der Waals surface area (Å²) in [7, 11) is -4.08. The van der Waals surface area contributed by atoms with Crippen LogP contribution in [-0.2, 0) is 11.0 Å². The largest absolute Gasteiger partial charge is 0.356 e. The molecule has 0 aliphatic rings. The highest BCUT2D eigenvalue weighted by molar-refractivity contribution is 7.60. The molecule has 0 amide bonds. The molecule has 16 heavy (non-hydrogen) atoms. The SMILES string of the molecule is CCCC(C)Cc1ccc(P(=O)(O)O)cc1. The highest BCUT2D eigenvalue weighted by Gasteiger charge is 2.16. The Morgan fingerprint density at radius 1 is 1.25 bits per heavy atom. The van der Waals surface area contributed by atoms with Crippen molar-refractivity contribution in [1.82, 2.24) is 0 Å². The van der Waals surface area contributed by atoms with E-state index < -0.39 is 7.60 Å².